The van der Waals surface area contributed by atoms with E-state index < -0.39 is 78.4 Å². The van der Waals surface area contributed by atoms with Crippen LogP contribution in [0, 0.1) is 0 Å². The molecule has 372 valence electrons. The lowest BCUT2D eigenvalue weighted by atomic mass is 10.1. The van der Waals surface area contributed by atoms with Crippen molar-refractivity contribution in [3.63, 3.8) is 0 Å². The molecule has 0 aromatic rings. The van der Waals surface area contributed by atoms with Gasteiger partial charge in [0.1, 0.15) is 12.7 Å². The van der Waals surface area contributed by atoms with Crippen LogP contribution in [0.5, 0.6) is 0 Å². The van der Waals surface area contributed by atoms with E-state index in [1.807, 2.05) is 37.3 Å². The summed E-state index contributed by atoms with van der Waals surface area (Å²) in [5.41, 5.74) is 0. The van der Waals surface area contributed by atoms with Crippen LogP contribution in [0.25, 0.3) is 0 Å². The number of phosphoric ester groups is 2. The van der Waals surface area contributed by atoms with Crippen LogP contribution in [-0.4, -0.2) is 92.8 Å². The van der Waals surface area contributed by atoms with Crippen molar-refractivity contribution in [3.05, 3.63) is 97.2 Å². The zero-order valence-electron chi connectivity index (χ0n) is 38.8. The molecule has 0 fully saturated rings. The second-order valence-corrected chi connectivity index (χ2v) is 18.0. The average Bonchev–Trinajstić information content (AvgIpc) is 3.26. The summed E-state index contributed by atoms with van der Waals surface area (Å²) in [7, 11) is -9.76. The molecule has 1 unspecified atom stereocenters. The maximum atomic E-state index is 12.7. The largest absolute Gasteiger partial charge is 0.472 e. The van der Waals surface area contributed by atoms with E-state index in [0.717, 1.165) is 64.2 Å². The molecule has 0 heterocycles. The molecule has 0 aromatic carbocycles. The topological polar surface area (TPSA) is 236 Å². The van der Waals surface area contributed by atoms with Crippen LogP contribution in [0.3, 0.4) is 0 Å². The van der Waals surface area contributed by atoms with Crippen molar-refractivity contribution >= 4 is 27.6 Å². The van der Waals surface area contributed by atoms with Gasteiger partial charge in [-0.15, -0.1) is 0 Å². The summed E-state index contributed by atoms with van der Waals surface area (Å²) in [5.74, 6) is -1.22. The Hall–Kier alpha value is -3.04. The molecule has 17 heteroatoms. The van der Waals surface area contributed by atoms with Crippen molar-refractivity contribution in [2.75, 3.05) is 26.4 Å². The SMILES string of the molecule is CC/C=C\C[C@H](O)/C=C/C=C\C=C\[C@H](O)C/C=C\C/C=C\CCC(=O)O[C@H](COC(=O)CCCCCCCCC/C=C\C/C=C\CCCCC)COP(=O)(O)OC[C@@H](O)COP(=O)(O)O. The minimum absolute atomic E-state index is 0.0572. The van der Waals surface area contributed by atoms with E-state index >= 15 is 0 Å². The van der Waals surface area contributed by atoms with Crippen molar-refractivity contribution < 1.29 is 71.8 Å². The monoisotopic (exact) mass is 958 g/mol. The third kappa shape index (κ3) is 45.9. The highest BCUT2D eigenvalue weighted by molar-refractivity contribution is 7.47. The van der Waals surface area contributed by atoms with Crippen molar-refractivity contribution in [1.29, 1.82) is 0 Å². The van der Waals surface area contributed by atoms with E-state index in [-0.39, 0.29) is 12.8 Å². The number of esters is 2. The van der Waals surface area contributed by atoms with E-state index in [0.29, 0.717) is 32.1 Å². The number of unbranched alkanes of at least 4 members (excludes halogenated alkanes) is 10. The molecule has 65 heavy (non-hydrogen) atoms. The van der Waals surface area contributed by atoms with E-state index in [1.165, 1.54) is 19.3 Å². The highest BCUT2D eigenvalue weighted by atomic mass is 31.2. The van der Waals surface area contributed by atoms with Gasteiger partial charge in [-0.05, 0) is 70.6 Å². The Balaban J connectivity index is 4.74. The fourth-order valence-corrected chi connectivity index (χ4v) is 6.73. The molecule has 0 rings (SSSR count). The second-order valence-electron chi connectivity index (χ2n) is 15.3. The predicted molar refractivity (Wildman–Crippen MR) is 255 cm³/mol. The van der Waals surface area contributed by atoms with Gasteiger partial charge in [0.15, 0.2) is 6.10 Å². The van der Waals surface area contributed by atoms with Gasteiger partial charge in [-0.2, -0.15) is 0 Å². The van der Waals surface area contributed by atoms with Gasteiger partial charge in [-0.1, -0.05) is 156 Å². The second kappa shape index (κ2) is 42.3. The first-order chi connectivity index (χ1) is 31.2. The molecule has 0 aliphatic carbocycles. The number of aliphatic hydroxyl groups excluding tert-OH is 3. The molecule has 15 nitrogen and oxygen atoms in total. The number of aliphatic hydroxyl groups is 3. The summed E-state index contributed by atoms with van der Waals surface area (Å²) < 4.78 is 47.7. The van der Waals surface area contributed by atoms with Crippen molar-refractivity contribution in [2.24, 2.45) is 0 Å². The number of rotatable bonds is 42. The summed E-state index contributed by atoms with van der Waals surface area (Å²) in [6.45, 7) is 1.33. The summed E-state index contributed by atoms with van der Waals surface area (Å²) >= 11 is 0. The van der Waals surface area contributed by atoms with Crippen molar-refractivity contribution in [3.8, 4) is 0 Å². The van der Waals surface area contributed by atoms with E-state index in [9.17, 15) is 38.9 Å². The zero-order valence-corrected chi connectivity index (χ0v) is 40.6. The molecule has 0 radical (unpaired) electrons. The number of carbonyl (C=O) groups is 2. The molecule has 0 spiro atoms. The highest BCUT2D eigenvalue weighted by Gasteiger charge is 2.28. The van der Waals surface area contributed by atoms with E-state index in [4.69, 9.17) is 23.8 Å². The Morgan fingerprint density at radius 2 is 1.03 bits per heavy atom. The Morgan fingerprint density at radius 3 is 1.62 bits per heavy atom. The molecule has 0 aromatic heterocycles. The first kappa shape index (κ1) is 62.0. The molecule has 0 saturated heterocycles. The van der Waals surface area contributed by atoms with Crippen LogP contribution in [-0.2, 0) is 41.8 Å². The van der Waals surface area contributed by atoms with Crippen LogP contribution in [0.4, 0.5) is 0 Å². The summed E-state index contributed by atoms with van der Waals surface area (Å²) in [6.07, 6.45) is 43.2. The highest BCUT2D eigenvalue weighted by Crippen LogP contribution is 2.43. The van der Waals surface area contributed by atoms with Crippen molar-refractivity contribution in [2.45, 2.75) is 167 Å². The van der Waals surface area contributed by atoms with Crippen LogP contribution in [0.1, 0.15) is 142 Å². The Labute approximate surface area is 388 Å². The zero-order chi connectivity index (χ0) is 48.3. The molecular weight excluding hydrogens is 878 g/mol. The quantitative estimate of drug-likeness (QED) is 0.0110. The molecule has 0 aliphatic heterocycles. The van der Waals surface area contributed by atoms with Gasteiger partial charge >= 0.3 is 27.6 Å². The lowest BCUT2D eigenvalue weighted by Gasteiger charge is -2.20. The molecule has 6 N–H and O–H groups in total. The van der Waals surface area contributed by atoms with Crippen molar-refractivity contribution in [1.82, 2.24) is 0 Å². The van der Waals surface area contributed by atoms with Gasteiger partial charge < -0.3 is 39.5 Å². The molecule has 0 amide bonds. The average molecular weight is 959 g/mol. The fraction of sp³-hybridized carbons (Fsp3) is 0.625. The number of ether oxygens (including phenoxy) is 2. The van der Waals surface area contributed by atoms with Gasteiger partial charge in [0.2, 0.25) is 0 Å². The minimum atomic E-state index is -4.89. The summed E-state index contributed by atoms with van der Waals surface area (Å²) in [5, 5.41) is 29.7. The molecular formula is C48H80O15P2. The fourth-order valence-electron chi connectivity index (χ4n) is 5.58. The van der Waals surface area contributed by atoms with E-state index in [2.05, 4.69) is 40.3 Å². The van der Waals surface area contributed by atoms with Crippen LogP contribution < -0.4 is 0 Å². The number of phosphoric acid groups is 2. The minimum Gasteiger partial charge on any atom is -0.462 e. The number of hydrogen-bond donors (Lipinski definition) is 6. The van der Waals surface area contributed by atoms with Crippen LogP contribution >= 0.6 is 15.6 Å². The van der Waals surface area contributed by atoms with Gasteiger partial charge in [0, 0.05) is 12.8 Å². The van der Waals surface area contributed by atoms with Gasteiger partial charge in [-0.25, -0.2) is 9.13 Å². The maximum absolute atomic E-state index is 12.7. The van der Waals surface area contributed by atoms with Gasteiger partial charge in [-0.3, -0.25) is 23.2 Å². The molecule has 5 atom stereocenters. The standard InChI is InChI=1S/C48H80O15P2/c1-3-5-7-8-9-10-11-12-13-14-15-16-17-18-19-23-31-37-47(52)59-41-46(42-62-65(57,58)61-40-45(51)39-60-64(54,55)56)63-48(53)38-32-24-21-20-22-28-34-44(50)36-30-26-25-29-35-43(49)33-27-6-4-2/h6,9-10,12-13,21-22,24-30,35-36,43-46,49-51H,3-5,7-8,11,14-20,23,31-34,37-42H2,1-2H3,(H,57,58)(H2,54,55,56)/b10-9-,13-12-,24-21-,26-25-,27-6-,28-22-,35-29+,36-30+/t43-,44+,45-,46+/m0/s1. The normalized spacial score (nSPS) is 15.8. The molecule has 0 bridgehead atoms. The number of carbonyl (C=O) groups excluding carboxylic acids is 2. The van der Waals surface area contributed by atoms with Crippen LogP contribution in [0.15, 0.2) is 97.2 Å². The Bertz CT molecular complexity index is 1550. The first-order valence-electron chi connectivity index (χ1n) is 23.1. The third-order valence-corrected chi connectivity index (χ3v) is 10.6. The van der Waals surface area contributed by atoms with Crippen LogP contribution in [0.2, 0.25) is 0 Å². The first-order valence-corrected chi connectivity index (χ1v) is 26.2. The number of hydrogen-bond acceptors (Lipinski definition) is 12. The molecule has 0 aliphatic rings. The lowest BCUT2D eigenvalue weighted by molar-refractivity contribution is -0.161. The lowest BCUT2D eigenvalue weighted by Crippen LogP contribution is -2.29. The number of allylic oxidation sites excluding steroid dienone is 12. The van der Waals surface area contributed by atoms with Gasteiger partial charge in [0.25, 0.3) is 0 Å². The third-order valence-electron chi connectivity index (χ3n) is 9.13. The predicted octanol–water partition coefficient (Wildman–Crippen LogP) is 10.1. The Kier molecular flexibility index (Phi) is 40.3. The maximum Gasteiger partial charge on any atom is 0.472 e. The summed E-state index contributed by atoms with van der Waals surface area (Å²) in [4.78, 5) is 52.8. The Morgan fingerprint density at radius 1 is 0.523 bits per heavy atom. The summed E-state index contributed by atoms with van der Waals surface area (Å²) in [6, 6.07) is 0. The molecule has 0 saturated carbocycles. The smallest absolute Gasteiger partial charge is 0.462 e. The van der Waals surface area contributed by atoms with Gasteiger partial charge in [0.05, 0.1) is 32.0 Å². The van der Waals surface area contributed by atoms with E-state index in [1.54, 1.807) is 42.5 Å².